The van der Waals surface area contributed by atoms with Gasteiger partial charge in [-0.25, -0.2) is 4.39 Å². The van der Waals surface area contributed by atoms with E-state index >= 15 is 0 Å². The number of morpholine rings is 1. The molecule has 0 aliphatic carbocycles. The molecule has 1 aromatic carbocycles. The summed E-state index contributed by atoms with van der Waals surface area (Å²) in [6, 6.07) is 3.68. The van der Waals surface area contributed by atoms with E-state index in [1.54, 1.807) is 11.8 Å². The lowest BCUT2D eigenvalue weighted by atomic mass is 10.1. The molecule has 1 aromatic rings. The van der Waals surface area contributed by atoms with E-state index in [0.29, 0.717) is 26.3 Å². The highest BCUT2D eigenvalue weighted by Gasteiger charge is 2.25. The van der Waals surface area contributed by atoms with Gasteiger partial charge in [0.2, 0.25) is 0 Å². The molecule has 1 saturated heterocycles. The van der Waals surface area contributed by atoms with Gasteiger partial charge in [0.05, 0.1) is 18.8 Å². The van der Waals surface area contributed by atoms with Crippen LogP contribution in [0.25, 0.3) is 0 Å². The topological polar surface area (TPSA) is 55.8 Å². The Bertz CT molecular complexity index is 540. The van der Waals surface area contributed by atoms with Gasteiger partial charge in [-0.2, -0.15) is 0 Å². The predicted molar refractivity (Wildman–Crippen MR) is 73.9 cm³/mol. The van der Waals surface area contributed by atoms with Gasteiger partial charge >= 0.3 is 0 Å². The number of hydrogen-bond acceptors (Lipinski definition) is 4. The van der Waals surface area contributed by atoms with E-state index in [1.165, 1.54) is 19.1 Å². The van der Waals surface area contributed by atoms with Crippen LogP contribution in [0.3, 0.4) is 0 Å². The second kappa shape index (κ2) is 6.67. The first-order valence-corrected chi connectivity index (χ1v) is 6.82. The van der Waals surface area contributed by atoms with Gasteiger partial charge in [-0.15, -0.1) is 0 Å². The first-order chi connectivity index (χ1) is 9.99. The maximum Gasteiger partial charge on any atom is 0.263 e. The van der Waals surface area contributed by atoms with Crippen molar-refractivity contribution in [2.24, 2.45) is 0 Å². The first kappa shape index (κ1) is 15.4. The van der Waals surface area contributed by atoms with Gasteiger partial charge in [0, 0.05) is 19.2 Å². The average Bonchev–Trinajstić information content (AvgIpc) is 2.47. The van der Waals surface area contributed by atoms with Crippen LogP contribution in [0.2, 0.25) is 0 Å². The maximum absolute atomic E-state index is 13.3. The molecule has 0 radical (unpaired) electrons. The van der Waals surface area contributed by atoms with Crippen molar-refractivity contribution in [2.75, 3.05) is 26.3 Å². The standard InChI is InChI=1S/C15H18FNO4/c1-10(18)13-4-3-12(16)9-14(13)21-11(2)15(19)17-5-7-20-8-6-17/h3-4,9,11H,5-8H2,1-2H3. The molecule has 0 saturated carbocycles. The van der Waals surface area contributed by atoms with Crippen molar-refractivity contribution in [1.82, 2.24) is 4.90 Å². The van der Waals surface area contributed by atoms with Crippen molar-refractivity contribution >= 4 is 11.7 Å². The Morgan fingerprint density at radius 2 is 2.00 bits per heavy atom. The Morgan fingerprint density at radius 3 is 2.62 bits per heavy atom. The second-order valence-electron chi connectivity index (χ2n) is 4.89. The lowest BCUT2D eigenvalue weighted by molar-refractivity contribution is -0.142. The second-order valence-corrected chi connectivity index (χ2v) is 4.89. The Hall–Kier alpha value is -1.95. The molecule has 1 aliphatic heterocycles. The summed E-state index contributed by atoms with van der Waals surface area (Å²) in [4.78, 5) is 25.4. The molecule has 5 nitrogen and oxygen atoms in total. The fraction of sp³-hybridized carbons (Fsp3) is 0.467. The van der Waals surface area contributed by atoms with Crippen LogP contribution in [0.4, 0.5) is 4.39 Å². The molecule has 6 heteroatoms. The van der Waals surface area contributed by atoms with Crippen LogP contribution >= 0.6 is 0 Å². The molecule has 21 heavy (non-hydrogen) atoms. The van der Waals surface area contributed by atoms with Crippen molar-refractivity contribution in [3.8, 4) is 5.75 Å². The number of amides is 1. The normalized spacial score (nSPS) is 16.4. The minimum atomic E-state index is -0.789. The fourth-order valence-electron chi connectivity index (χ4n) is 2.17. The molecular formula is C15H18FNO4. The molecule has 1 fully saturated rings. The monoisotopic (exact) mass is 295 g/mol. The smallest absolute Gasteiger partial charge is 0.263 e. The molecule has 1 amide bonds. The lowest BCUT2D eigenvalue weighted by Gasteiger charge is -2.29. The quantitative estimate of drug-likeness (QED) is 0.793. The Balaban J connectivity index is 2.11. The van der Waals surface area contributed by atoms with Crippen LogP contribution in [0.15, 0.2) is 18.2 Å². The molecule has 1 heterocycles. The molecule has 0 bridgehead atoms. The molecule has 0 N–H and O–H groups in total. The maximum atomic E-state index is 13.3. The van der Waals surface area contributed by atoms with E-state index in [-0.39, 0.29) is 23.0 Å². The van der Waals surface area contributed by atoms with Gasteiger partial charge in [-0.3, -0.25) is 9.59 Å². The van der Waals surface area contributed by atoms with E-state index in [9.17, 15) is 14.0 Å². The Labute approximate surface area is 122 Å². The fourth-order valence-corrected chi connectivity index (χ4v) is 2.17. The Kier molecular flexibility index (Phi) is 4.90. The van der Waals surface area contributed by atoms with Crippen LogP contribution in [0, 0.1) is 5.82 Å². The molecule has 2 rings (SSSR count). The minimum Gasteiger partial charge on any atom is -0.480 e. The third kappa shape index (κ3) is 3.78. The number of ketones is 1. The molecule has 1 atom stereocenters. The molecule has 1 unspecified atom stereocenters. The van der Waals surface area contributed by atoms with Gasteiger partial charge in [0.15, 0.2) is 11.9 Å². The van der Waals surface area contributed by atoms with Crippen LogP contribution in [-0.2, 0) is 9.53 Å². The van der Waals surface area contributed by atoms with E-state index in [0.717, 1.165) is 6.07 Å². The number of ether oxygens (including phenoxy) is 2. The van der Waals surface area contributed by atoms with Gasteiger partial charge < -0.3 is 14.4 Å². The van der Waals surface area contributed by atoms with E-state index in [2.05, 4.69) is 0 Å². The zero-order valence-corrected chi connectivity index (χ0v) is 12.1. The van der Waals surface area contributed by atoms with Crippen LogP contribution in [-0.4, -0.2) is 49.0 Å². The predicted octanol–water partition coefficient (Wildman–Crippen LogP) is 1.65. The number of Topliss-reactive ketones (excluding diaryl/α,β-unsaturated/α-hetero) is 1. The van der Waals surface area contributed by atoms with Crippen molar-refractivity contribution < 1.29 is 23.5 Å². The molecule has 1 aliphatic rings. The summed E-state index contributed by atoms with van der Waals surface area (Å²) < 4.78 is 24.0. The largest absolute Gasteiger partial charge is 0.480 e. The SMILES string of the molecule is CC(=O)c1ccc(F)cc1OC(C)C(=O)N1CCOCC1. The Morgan fingerprint density at radius 1 is 1.33 bits per heavy atom. The van der Waals surface area contributed by atoms with Crippen molar-refractivity contribution in [1.29, 1.82) is 0 Å². The van der Waals surface area contributed by atoms with Crippen molar-refractivity contribution in [3.05, 3.63) is 29.6 Å². The van der Waals surface area contributed by atoms with Gasteiger partial charge in [0.1, 0.15) is 11.6 Å². The summed E-state index contributed by atoms with van der Waals surface area (Å²) in [6.45, 7) is 4.97. The molecule has 0 spiro atoms. The van der Waals surface area contributed by atoms with Crippen molar-refractivity contribution in [2.45, 2.75) is 20.0 Å². The summed E-state index contributed by atoms with van der Waals surface area (Å²) in [5.74, 6) is -0.856. The minimum absolute atomic E-state index is 0.0941. The zero-order chi connectivity index (χ0) is 15.4. The number of rotatable bonds is 4. The summed E-state index contributed by atoms with van der Waals surface area (Å²) in [5, 5.41) is 0. The summed E-state index contributed by atoms with van der Waals surface area (Å²) >= 11 is 0. The average molecular weight is 295 g/mol. The van der Waals surface area contributed by atoms with Crippen molar-refractivity contribution in [3.63, 3.8) is 0 Å². The summed E-state index contributed by atoms with van der Waals surface area (Å²) in [6.07, 6.45) is -0.789. The van der Waals surface area contributed by atoms with Crippen LogP contribution in [0.1, 0.15) is 24.2 Å². The highest BCUT2D eigenvalue weighted by Crippen LogP contribution is 2.22. The number of nitrogens with zero attached hydrogens (tertiary/aromatic N) is 1. The number of halogens is 1. The van der Waals surface area contributed by atoms with E-state index in [4.69, 9.17) is 9.47 Å². The van der Waals surface area contributed by atoms with Gasteiger partial charge in [-0.1, -0.05) is 0 Å². The van der Waals surface area contributed by atoms with Crippen LogP contribution in [0.5, 0.6) is 5.75 Å². The number of carbonyl (C=O) groups excluding carboxylic acids is 2. The van der Waals surface area contributed by atoms with E-state index in [1.807, 2.05) is 0 Å². The molecule has 114 valence electrons. The summed E-state index contributed by atoms with van der Waals surface area (Å²) in [7, 11) is 0. The highest BCUT2D eigenvalue weighted by atomic mass is 19.1. The number of carbonyl (C=O) groups is 2. The lowest BCUT2D eigenvalue weighted by Crippen LogP contribution is -2.46. The van der Waals surface area contributed by atoms with Gasteiger partial charge in [0.25, 0.3) is 5.91 Å². The molecular weight excluding hydrogens is 277 g/mol. The molecule has 0 aromatic heterocycles. The third-order valence-electron chi connectivity index (χ3n) is 3.30. The van der Waals surface area contributed by atoms with Crippen LogP contribution < -0.4 is 4.74 Å². The van der Waals surface area contributed by atoms with E-state index < -0.39 is 11.9 Å². The van der Waals surface area contributed by atoms with Gasteiger partial charge in [-0.05, 0) is 26.0 Å². The number of benzene rings is 1. The zero-order valence-electron chi connectivity index (χ0n) is 12.1. The highest BCUT2D eigenvalue weighted by molar-refractivity contribution is 5.97. The summed E-state index contributed by atoms with van der Waals surface area (Å²) in [5.41, 5.74) is 0.262. The number of hydrogen-bond donors (Lipinski definition) is 0. The first-order valence-electron chi connectivity index (χ1n) is 6.82. The third-order valence-corrected chi connectivity index (χ3v) is 3.30.